The molecule has 0 radical (unpaired) electrons. The molecule has 0 aliphatic rings. The van der Waals surface area contributed by atoms with Crippen LogP contribution in [0.1, 0.15) is 40.9 Å². The normalized spacial score (nSPS) is 11.4. The number of carbonyl (C=O) groups is 3. The number of carboxylic acid groups (broad SMARTS) is 1. The van der Waals surface area contributed by atoms with E-state index in [1.807, 2.05) is 0 Å². The van der Waals surface area contributed by atoms with E-state index in [0.29, 0.717) is 17.1 Å². The van der Waals surface area contributed by atoms with Gasteiger partial charge in [-0.25, -0.2) is 9.59 Å². The minimum atomic E-state index is -0.976. The number of benzene rings is 1. The van der Waals surface area contributed by atoms with Crippen molar-refractivity contribution in [3.8, 4) is 0 Å². The van der Waals surface area contributed by atoms with Crippen LogP contribution in [0.4, 0.5) is 16.2 Å². The number of hydrogen-bond donors (Lipinski definition) is 2. The molecule has 0 spiro atoms. The number of aromatic carboxylic acids is 1. The van der Waals surface area contributed by atoms with Gasteiger partial charge in [0.05, 0.1) is 5.69 Å². The quantitative estimate of drug-likeness (QED) is 0.633. The third-order valence-corrected chi connectivity index (χ3v) is 5.38. The fourth-order valence-corrected chi connectivity index (χ4v) is 3.78. The lowest BCUT2D eigenvalue weighted by molar-refractivity contribution is 0.0634. The van der Waals surface area contributed by atoms with Crippen molar-refractivity contribution in [3.63, 3.8) is 0 Å². The van der Waals surface area contributed by atoms with E-state index in [2.05, 4.69) is 5.32 Å². The van der Waals surface area contributed by atoms with Crippen LogP contribution in [0.25, 0.3) is 10.1 Å². The van der Waals surface area contributed by atoms with E-state index < -0.39 is 17.7 Å². The Morgan fingerprint density at radius 2 is 1.87 bits per heavy atom. The summed E-state index contributed by atoms with van der Waals surface area (Å²) in [5, 5.41) is 12.5. The van der Waals surface area contributed by atoms with Crippen molar-refractivity contribution in [2.24, 2.45) is 7.05 Å². The van der Waals surface area contributed by atoms with Crippen LogP contribution in [0.3, 0.4) is 0 Å². The topological polar surface area (TPSA) is 101 Å². The summed E-state index contributed by atoms with van der Waals surface area (Å²) >= 11 is 1.19. The van der Waals surface area contributed by atoms with Crippen LogP contribution in [0.15, 0.2) is 36.5 Å². The third kappa shape index (κ3) is 4.62. The number of amides is 2. The Bertz CT molecular complexity index is 1140. The van der Waals surface area contributed by atoms with Crippen molar-refractivity contribution < 1.29 is 24.2 Å². The Balaban J connectivity index is 1.80. The molecule has 30 heavy (non-hydrogen) atoms. The number of hydrogen-bond acceptors (Lipinski definition) is 5. The number of nitrogens with zero attached hydrogens (tertiary/aromatic N) is 2. The second kappa shape index (κ2) is 7.83. The molecule has 0 unspecified atom stereocenters. The molecule has 3 aromatic rings. The van der Waals surface area contributed by atoms with Crippen molar-refractivity contribution in [1.29, 1.82) is 0 Å². The molecule has 2 heterocycles. The standard InChI is InChI=1S/C21H23N3O5S/c1-21(2,3)29-20(28)22-13-10-15(23(4)11-13)18(25)24(5)14-6-7-16-12(8-14)9-17(30-16)19(26)27/h6-11H,1-5H3,(H,22,28)(H,26,27). The number of carboxylic acids is 1. The zero-order chi connectivity index (χ0) is 22.2. The second-order valence-electron chi connectivity index (χ2n) is 7.85. The number of carbonyl (C=O) groups excluding carboxylic acids is 2. The lowest BCUT2D eigenvalue weighted by Crippen LogP contribution is -2.28. The highest BCUT2D eigenvalue weighted by Crippen LogP contribution is 2.30. The summed E-state index contributed by atoms with van der Waals surface area (Å²) in [7, 11) is 3.35. The Labute approximate surface area is 177 Å². The smallest absolute Gasteiger partial charge is 0.412 e. The molecule has 1 aromatic carbocycles. The fourth-order valence-electron chi connectivity index (χ4n) is 2.90. The maximum Gasteiger partial charge on any atom is 0.412 e. The SMILES string of the molecule is CN(C(=O)c1cc(NC(=O)OC(C)(C)C)cn1C)c1ccc2sc(C(=O)O)cc2c1. The van der Waals surface area contributed by atoms with Gasteiger partial charge in [0.25, 0.3) is 5.91 Å². The Hall–Kier alpha value is -3.33. The molecule has 0 atom stereocenters. The Morgan fingerprint density at radius 1 is 1.17 bits per heavy atom. The molecule has 0 bridgehead atoms. The molecule has 0 aliphatic heterocycles. The number of aromatic nitrogens is 1. The number of rotatable bonds is 4. The zero-order valence-corrected chi connectivity index (χ0v) is 18.2. The van der Waals surface area contributed by atoms with E-state index in [1.54, 1.807) is 76.0 Å². The lowest BCUT2D eigenvalue weighted by Gasteiger charge is -2.19. The van der Waals surface area contributed by atoms with Crippen molar-refractivity contribution in [2.45, 2.75) is 26.4 Å². The van der Waals surface area contributed by atoms with Gasteiger partial charge in [-0.2, -0.15) is 0 Å². The predicted octanol–water partition coefficient (Wildman–Crippen LogP) is 4.56. The molecule has 0 fully saturated rings. The molecule has 9 heteroatoms. The maximum atomic E-state index is 13.0. The number of ether oxygens (including phenoxy) is 1. The maximum absolute atomic E-state index is 13.0. The molecule has 0 saturated carbocycles. The molecule has 2 aromatic heterocycles. The highest BCUT2D eigenvalue weighted by Gasteiger charge is 2.21. The monoisotopic (exact) mass is 429 g/mol. The Morgan fingerprint density at radius 3 is 2.50 bits per heavy atom. The van der Waals surface area contributed by atoms with Crippen LogP contribution in [0.2, 0.25) is 0 Å². The number of fused-ring (bicyclic) bond motifs is 1. The summed E-state index contributed by atoms with van der Waals surface area (Å²) in [6, 6.07) is 8.51. The van der Waals surface area contributed by atoms with Gasteiger partial charge >= 0.3 is 12.1 Å². The largest absolute Gasteiger partial charge is 0.477 e. The Kier molecular flexibility index (Phi) is 5.58. The molecule has 2 N–H and O–H groups in total. The lowest BCUT2D eigenvalue weighted by atomic mass is 10.2. The molecule has 158 valence electrons. The van der Waals surface area contributed by atoms with Crippen molar-refractivity contribution >= 4 is 50.8 Å². The van der Waals surface area contributed by atoms with Crippen LogP contribution in [0, 0.1) is 0 Å². The summed E-state index contributed by atoms with van der Waals surface area (Å²) in [6.07, 6.45) is 1.03. The van der Waals surface area contributed by atoms with Gasteiger partial charge in [-0.15, -0.1) is 11.3 Å². The minimum absolute atomic E-state index is 0.247. The van der Waals surface area contributed by atoms with Gasteiger partial charge in [0.15, 0.2) is 0 Å². The van der Waals surface area contributed by atoms with Crippen LogP contribution in [-0.4, -0.2) is 40.3 Å². The highest BCUT2D eigenvalue weighted by atomic mass is 32.1. The fraction of sp³-hybridized carbons (Fsp3) is 0.286. The van der Waals surface area contributed by atoms with Gasteiger partial charge in [0.1, 0.15) is 16.2 Å². The van der Waals surface area contributed by atoms with Crippen molar-refractivity contribution in [2.75, 3.05) is 17.3 Å². The first kappa shape index (κ1) is 21.4. The van der Waals surface area contributed by atoms with Crippen molar-refractivity contribution in [3.05, 3.63) is 47.1 Å². The van der Waals surface area contributed by atoms with Crippen LogP contribution >= 0.6 is 11.3 Å². The average Bonchev–Trinajstić information content (AvgIpc) is 3.21. The predicted molar refractivity (Wildman–Crippen MR) is 117 cm³/mol. The van der Waals surface area contributed by atoms with E-state index >= 15 is 0 Å². The average molecular weight is 429 g/mol. The van der Waals surface area contributed by atoms with Gasteiger partial charge in [-0.1, -0.05) is 0 Å². The molecule has 0 aliphatic carbocycles. The number of nitrogens with one attached hydrogen (secondary N) is 1. The zero-order valence-electron chi connectivity index (χ0n) is 17.3. The summed E-state index contributed by atoms with van der Waals surface area (Å²) < 4.78 is 7.69. The number of thiophene rings is 1. The first-order valence-electron chi connectivity index (χ1n) is 9.16. The van der Waals surface area contributed by atoms with Gasteiger partial charge in [0.2, 0.25) is 0 Å². The molecular weight excluding hydrogens is 406 g/mol. The van der Waals surface area contributed by atoms with E-state index in [4.69, 9.17) is 9.84 Å². The van der Waals surface area contributed by atoms with E-state index in [1.165, 1.54) is 16.2 Å². The minimum Gasteiger partial charge on any atom is -0.477 e. The summed E-state index contributed by atoms with van der Waals surface area (Å²) in [4.78, 5) is 37.9. The first-order chi connectivity index (χ1) is 13.9. The van der Waals surface area contributed by atoms with Crippen LogP contribution in [-0.2, 0) is 11.8 Å². The van der Waals surface area contributed by atoms with E-state index in [0.717, 1.165) is 10.1 Å². The molecule has 2 amide bonds. The molecule has 8 nitrogen and oxygen atoms in total. The van der Waals surface area contributed by atoms with Gasteiger partial charge in [0, 0.05) is 30.7 Å². The van der Waals surface area contributed by atoms with Crippen molar-refractivity contribution in [1.82, 2.24) is 4.57 Å². The molecule has 0 saturated heterocycles. The summed E-state index contributed by atoms with van der Waals surface area (Å²) in [5.74, 6) is -1.25. The second-order valence-corrected chi connectivity index (χ2v) is 8.94. The first-order valence-corrected chi connectivity index (χ1v) is 9.97. The highest BCUT2D eigenvalue weighted by molar-refractivity contribution is 7.20. The molecule has 3 rings (SSSR count). The number of anilines is 2. The van der Waals surface area contributed by atoms with Crippen LogP contribution < -0.4 is 10.2 Å². The molecular formula is C21H23N3O5S. The van der Waals surface area contributed by atoms with Gasteiger partial charge in [-0.3, -0.25) is 10.1 Å². The van der Waals surface area contributed by atoms with Gasteiger partial charge < -0.3 is 19.3 Å². The van der Waals surface area contributed by atoms with E-state index in [-0.39, 0.29) is 10.8 Å². The van der Waals surface area contributed by atoms with Gasteiger partial charge in [-0.05, 0) is 56.5 Å². The van der Waals surface area contributed by atoms with E-state index in [9.17, 15) is 14.4 Å². The third-order valence-electron chi connectivity index (χ3n) is 4.27. The summed E-state index contributed by atoms with van der Waals surface area (Å²) in [5.41, 5.74) is 0.826. The van der Waals surface area contributed by atoms with Crippen LogP contribution in [0.5, 0.6) is 0 Å². The number of aryl methyl sites for hydroxylation is 1. The summed E-state index contributed by atoms with van der Waals surface area (Å²) in [6.45, 7) is 5.31.